The molecule has 2 heterocycles. The van der Waals surface area contributed by atoms with Crippen LogP contribution in [0.2, 0.25) is 0 Å². The predicted octanol–water partition coefficient (Wildman–Crippen LogP) is 2.84. The maximum absolute atomic E-state index is 9.62. The summed E-state index contributed by atoms with van der Waals surface area (Å²) in [7, 11) is 0. The van der Waals surface area contributed by atoms with E-state index in [0.717, 1.165) is 15.1 Å². The highest BCUT2D eigenvalue weighted by molar-refractivity contribution is 8.01. The molecule has 0 saturated carbocycles. The van der Waals surface area contributed by atoms with E-state index < -0.39 is 6.10 Å². The van der Waals surface area contributed by atoms with Crippen molar-refractivity contribution in [2.45, 2.75) is 35.6 Å². The molecule has 0 aliphatic carbocycles. The molecule has 0 spiro atoms. The lowest BCUT2D eigenvalue weighted by Gasteiger charge is -2.06. The van der Waals surface area contributed by atoms with E-state index in [9.17, 15) is 5.11 Å². The lowest BCUT2D eigenvalue weighted by atomic mass is 10.2. The van der Waals surface area contributed by atoms with Crippen molar-refractivity contribution in [3.63, 3.8) is 0 Å². The van der Waals surface area contributed by atoms with Gasteiger partial charge in [0.05, 0.1) is 11.8 Å². The van der Waals surface area contributed by atoms with E-state index in [-0.39, 0.29) is 0 Å². The second-order valence-electron chi connectivity index (χ2n) is 3.55. The number of rotatable bonds is 4. The maximum Gasteiger partial charge on any atom is 0.174 e. The van der Waals surface area contributed by atoms with Crippen LogP contribution < -0.4 is 0 Å². The third-order valence-electron chi connectivity index (χ3n) is 2.20. The molecule has 0 saturated heterocycles. The number of hydrogen-bond donors (Lipinski definition) is 1. The highest BCUT2D eigenvalue weighted by Crippen LogP contribution is 2.28. The Kier molecular flexibility index (Phi) is 4.09. The molecule has 0 fully saturated rings. The first kappa shape index (κ1) is 12.5. The van der Waals surface area contributed by atoms with Crippen molar-refractivity contribution in [2.75, 3.05) is 0 Å². The number of aryl methyl sites for hydroxylation is 1. The van der Waals surface area contributed by atoms with Gasteiger partial charge in [-0.25, -0.2) is 4.98 Å². The third kappa shape index (κ3) is 3.24. The summed E-state index contributed by atoms with van der Waals surface area (Å²) in [6, 6.07) is 3.80. The molecule has 1 atom stereocenters. The second kappa shape index (κ2) is 5.57. The molecule has 1 N–H and O–H groups in total. The van der Waals surface area contributed by atoms with Crippen LogP contribution in [0.5, 0.6) is 0 Å². The molecular weight excluding hydrogens is 254 g/mol. The van der Waals surface area contributed by atoms with Crippen LogP contribution in [-0.4, -0.2) is 19.4 Å². The Morgan fingerprint density at radius 1 is 1.47 bits per heavy atom. The zero-order chi connectivity index (χ0) is 12.3. The monoisotopic (exact) mass is 267 g/mol. The number of aliphatic hydroxyl groups is 1. The summed E-state index contributed by atoms with van der Waals surface area (Å²) in [6.45, 7) is 3.80. The van der Waals surface area contributed by atoms with Crippen molar-refractivity contribution in [2.24, 2.45) is 0 Å². The van der Waals surface area contributed by atoms with Gasteiger partial charge in [0, 0.05) is 11.1 Å². The highest BCUT2D eigenvalue weighted by atomic mass is 32.2. The van der Waals surface area contributed by atoms with Crippen LogP contribution in [0.1, 0.15) is 31.0 Å². The number of hydrogen-bond acceptors (Lipinski definition) is 6. The second-order valence-corrected chi connectivity index (χ2v) is 5.62. The number of aliphatic hydroxyl groups excluding tert-OH is 1. The van der Waals surface area contributed by atoms with Gasteiger partial charge in [0.2, 0.25) is 0 Å². The first-order chi connectivity index (χ1) is 8.19. The van der Waals surface area contributed by atoms with Gasteiger partial charge in [-0.1, -0.05) is 18.7 Å². The van der Waals surface area contributed by atoms with E-state index >= 15 is 0 Å². The summed E-state index contributed by atoms with van der Waals surface area (Å²) in [4.78, 5) is 9.52. The minimum Gasteiger partial charge on any atom is -0.387 e. The van der Waals surface area contributed by atoms with E-state index in [0.29, 0.717) is 12.1 Å². The molecule has 0 aromatic carbocycles. The molecule has 0 amide bonds. The van der Waals surface area contributed by atoms with Gasteiger partial charge in [-0.3, -0.25) is 4.98 Å². The highest BCUT2D eigenvalue weighted by Gasteiger charge is 2.07. The summed E-state index contributed by atoms with van der Waals surface area (Å²) in [5, 5.41) is 9.62. The lowest BCUT2D eigenvalue weighted by molar-refractivity contribution is 0.169. The van der Waals surface area contributed by atoms with Crippen molar-refractivity contribution >= 4 is 23.3 Å². The van der Waals surface area contributed by atoms with Gasteiger partial charge < -0.3 is 5.11 Å². The van der Waals surface area contributed by atoms with Crippen LogP contribution in [0.4, 0.5) is 0 Å². The number of pyridine rings is 1. The fourth-order valence-electron chi connectivity index (χ4n) is 1.28. The summed E-state index contributed by atoms with van der Waals surface area (Å²) in [5.74, 6) is 0.795. The standard InChI is InChI=1S/C11H13N3OS2/c1-3-10(15)9-5-4-8(6-12-9)16-11-13-7(2)14-17-11/h4-6,10,15H,3H2,1-2H3. The van der Waals surface area contributed by atoms with E-state index in [1.54, 1.807) is 6.20 Å². The third-order valence-corrected chi connectivity index (χ3v) is 4.02. The quantitative estimate of drug-likeness (QED) is 0.923. The first-order valence-corrected chi connectivity index (χ1v) is 6.90. The zero-order valence-corrected chi connectivity index (χ0v) is 11.3. The molecule has 0 radical (unpaired) electrons. The molecule has 2 aromatic rings. The van der Waals surface area contributed by atoms with Gasteiger partial charge >= 0.3 is 0 Å². The summed E-state index contributed by atoms with van der Waals surface area (Å²) in [6.07, 6.45) is 1.96. The van der Waals surface area contributed by atoms with Crippen molar-refractivity contribution in [3.8, 4) is 0 Å². The molecule has 0 aliphatic rings. The maximum atomic E-state index is 9.62. The van der Waals surface area contributed by atoms with Gasteiger partial charge in [0.25, 0.3) is 0 Å². The van der Waals surface area contributed by atoms with Crippen molar-refractivity contribution in [3.05, 3.63) is 29.8 Å². The van der Waals surface area contributed by atoms with Crippen LogP contribution in [0.25, 0.3) is 0 Å². The average molecular weight is 267 g/mol. The van der Waals surface area contributed by atoms with E-state index in [1.807, 2.05) is 26.0 Å². The fraction of sp³-hybridized carbons (Fsp3) is 0.364. The Balaban J connectivity index is 2.08. The number of aromatic nitrogens is 3. The Morgan fingerprint density at radius 2 is 2.29 bits per heavy atom. The van der Waals surface area contributed by atoms with Gasteiger partial charge in [-0.2, -0.15) is 4.37 Å². The largest absolute Gasteiger partial charge is 0.387 e. The molecular formula is C11H13N3OS2. The predicted molar refractivity (Wildman–Crippen MR) is 68.3 cm³/mol. The minimum atomic E-state index is -0.474. The molecule has 0 aliphatic heterocycles. The number of nitrogens with zero attached hydrogens (tertiary/aromatic N) is 3. The zero-order valence-electron chi connectivity index (χ0n) is 9.62. The van der Waals surface area contributed by atoms with Crippen molar-refractivity contribution in [1.29, 1.82) is 0 Å². The van der Waals surface area contributed by atoms with Crippen LogP contribution in [0.15, 0.2) is 27.6 Å². The molecule has 2 rings (SSSR count). The van der Waals surface area contributed by atoms with Crippen LogP contribution in [0.3, 0.4) is 0 Å². The summed E-state index contributed by atoms with van der Waals surface area (Å²) in [5.41, 5.74) is 0.713. The average Bonchev–Trinajstić information content (AvgIpc) is 2.75. The van der Waals surface area contributed by atoms with Crippen molar-refractivity contribution < 1.29 is 5.11 Å². The Labute approximate surface area is 108 Å². The first-order valence-electron chi connectivity index (χ1n) is 5.31. The molecule has 6 heteroatoms. The fourth-order valence-corrected chi connectivity index (χ4v) is 2.87. The normalized spacial score (nSPS) is 12.6. The summed E-state index contributed by atoms with van der Waals surface area (Å²) >= 11 is 2.92. The van der Waals surface area contributed by atoms with E-state index in [4.69, 9.17) is 0 Å². The molecule has 1 unspecified atom stereocenters. The van der Waals surface area contributed by atoms with E-state index in [2.05, 4.69) is 14.3 Å². The smallest absolute Gasteiger partial charge is 0.174 e. The minimum absolute atomic E-state index is 0.474. The SMILES string of the molecule is CCC(O)c1ccc(Sc2nc(C)ns2)cn1. The van der Waals surface area contributed by atoms with Crippen LogP contribution in [-0.2, 0) is 0 Å². The molecule has 17 heavy (non-hydrogen) atoms. The Bertz CT molecular complexity index is 484. The molecule has 90 valence electrons. The topological polar surface area (TPSA) is 58.9 Å². The van der Waals surface area contributed by atoms with Gasteiger partial charge in [0.1, 0.15) is 5.82 Å². The molecule has 2 aromatic heterocycles. The molecule has 0 bridgehead atoms. The van der Waals surface area contributed by atoms with Gasteiger partial charge in [-0.15, -0.1) is 0 Å². The van der Waals surface area contributed by atoms with E-state index in [1.165, 1.54) is 23.3 Å². The lowest BCUT2D eigenvalue weighted by Crippen LogP contribution is -1.97. The Morgan fingerprint density at radius 3 is 2.82 bits per heavy atom. The molecule has 4 nitrogen and oxygen atoms in total. The van der Waals surface area contributed by atoms with Gasteiger partial charge in [0.15, 0.2) is 4.34 Å². The van der Waals surface area contributed by atoms with Crippen LogP contribution >= 0.6 is 23.3 Å². The van der Waals surface area contributed by atoms with Crippen molar-refractivity contribution in [1.82, 2.24) is 14.3 Å². The summed E-state index contributed by atoms with van der Waals surface area (Å²) < 4.78 is 5.03. The van der Waals surface area contributed by atoms with Crippen LogP contribution in [0, 0.1) is 6.92 Å². The van der Waals surface area contributed by atoms with Gasteiger partial charge in [-0.05, 0) is 37.0 Å². The Hall–Kier alpha value is -0.980.